The number of hydrogen-bond donors (Lipinski definition) is 1. The van der Waals surface area contributed by atoms with E-state index in [1.807, 2.05) is 17.5 Å². The van der Waals surface area contributed by atoms with Gasteiger partial charge in [0.2, 0.25) is 0 Å². The van der Waals surface area contributed by atoms with Crippen molar-refractivity contribution in [2.45, 2.75) is 34.1 Å². The van der Waals surface area contributed by atoms with Gasteiger partial charge in [0.15, 0.2) is 11.5 Å². The fourth-order valence-electron chi connectivity index (χ4n) is 2.71. The second-order valence-electron chi connectivity index (χ2n) is 5.28. The molecule has 3 rings (SSSR count). The number of nitrogens with zero attached hydrogens (tertiary/aromatic N) is 3. The van der Waals surface area contributed by atoms with Gasteiger partial charge in [-0.3, -0.25) is 5.10 Å². The van der Waals surface area contributed by atoms with E-state index < -0.39 is 0 Å². The molecule has 0 saturated heterocycles. The monoisotopic (exact) mass is 254 g/mol. The van der Waals surface area contributed by atoms with E-state index >= 15 is 0 Å². The van der Waals surface area contributed by atoms with Crippen molar-refractivity contribution in [1.29, 1.82) is 0 Å². The summed E-state index contributed by atoms with van der Waals surface area (Å²) in [5.41, 5.74) is 7.24. The maximum atomic E-state index is 4.47. The first kappa shape index (κ1) is 12.0. The Labute approximate surface area is 112 Å². The Morgan fingerprint density at radius 1 is 1.05 bits per heavy atom. The van der Waals surface area contributed by atoms with Gasteiger partial charge in [-0.25, -0.2) is 0 Å². The summed E-state index contributed by atoms with van der Waals surface area (Å²) in [5, 5.41) is 11.9. The Morgan fingerprint density at radius 3 is 2.42 bits per heavy atom. The lowest BCUT2D eigenvalue weighted by molar-refractivity contribution is 0.833. The van der Waals surface area contributed by atoms with Crippen molar-refractivity contribution in [3.05, 3.63) is 52.0 Å². The molecule has 0 bridgehead atoms. The molecule has 0 unspecified atom stereocenters. The van der Waals surface area contributed by atoms with Gasteiger partial charge in [-0.05, 0) is 44.4 Å². The Bertz CT molecular complexity index is 726. The summed E-state index contributed by atoms with van der Waals surface area (Å²) >= 11 is 0. The van der Waals surface area contributed by atoms with Gasteiger partial charge in [-0.1, -0.05) is 17.7 Å². The molecule has 1 N–H and O–H groups in total. The number of fused-ring (bicyclic) bond motifs is 1. The van der Waals surface area contributed by atoms with Gasteiger partial charge in [0.05, 0.1) is 5.69 Å². The van der Waals surface area contributed by atoms with Crippen LogP contribution in [0.4, 0.5) is 0 Å². The molecule has 0 aliphatic heterocycles. The predicted octanol–water partition coefficient (Wildman–Crippen LogP) is 2.88. The zero-order chi connectivity index (χ0) is 13.6. The summed E-state index contributed by atoms with van der Waals surface area (Å²) in [6, 6.07) is 6.45. The van der Waals surface area contributed by atoms with Crippen LogP contribution in [0.3, 0.4) is 0 Å². The van der Waals surface area contributed by atoms with E-state index in [0.29, 0.717) is 0 Å². The smallest absolute Gasteiger partial charge is 0.156 e. The van der Waals surface area contributed by atoms with Crippen LogP contribution in [0.15, 0.2) is 18.2 Å². The second kappa shape index (κ2) is 4.23. The first-order chi connectivity index (χ1) is 9.04. The average Bonchev–Trinajstić information content (AvgIpc) is 2.83. The molecule has 4 heteroatoms. The van der Waals surface area contributed by atoms with Crippen LogP contribution in [0, 0.1) is 27.7 Å². The first-order valence-electron chi connectivity index (χ1n) is 6.51. The van der Waals surface area contributed by atoms with E-state index in [0.717, 1.165) is 23.6 Å². The fourth-order valence-corrected chi connectivity index (χ4v) is 2.71. The molecule has 0 radical (unpaired) electrons. The molecule has 1 aromatic carbocycles. The third kappa shape index (κ3) is 2.03. The van der Waals surface area contributed by atoms with Gasteiger partial charge in [-0.2, -0.15) is 14.7 Å². The van der Waals surface area contributed by atoms with Crippen LogP contribution >= 0.6 is 0 Å². The lowest BCUT2D eigenvalue weighted by atomic mass is 9.97. The van der Waals surface area contributed by atoms with Crippen LogP contribution < -0.4 is 0 Å². The molecular weight excluding hydrogens is 236 g/mol. The molecule has 0 saturated carbocycles. The zero-order valence-electron chi connectivity index (χ0n) is 11.8. The number of aryl methyl sites for hydroxylation is 4. The molecular formula is C15H18N4. The van der Waals surface area contributed by atoms with Crippen molar-refractivity contribution < 1.29 is 0 Å². The zero-order valence-corrected chi connectivity index (χ0v) is 11.8. The van der Waals surface area contributed by atoms with Crippen molar-refractivity contribution in [2.24, 2.45) is 0 Å². The lowest BCUT2D eigenvalue weighted by Gasteiger charge is -2.09. The summed E-state index contributed by atoms with van der Waals surface area (Å²) in [5.74, 6) is 0.957. The van der Waals surface area contributed by atoms with E-state index in [1.165, 1.54) is 22.3 Å². The van der Waals surface area contributed by atoms with Crippen molar-refractivity contribution in [3.63, 3.8) is 0 Å². The summed E-state index contributed by atoms with van der Waals surface area (Å²) in [7, 11) is 0. The minimum Gasteiger partial charge on any atom is -0.259 e. The highest BCUT2D eigenvalue weighted by Gasteiger charge is 2.11. The van der Waals surface area contributed by atoms with Crippen molar-refractivity contribution in [1.82, 2.24) is 19.8 Å². The summed E-state index contributed by atoms with van der Waals surface area (Å²) in [4.78, 5) is 0. The number of aromatic nitrogens is 4. The third-order valence-electron chi connectivity index (χ3n) is 3.55. The lowest BCUT2D eigenvalue weighted by Crippen LogP contribution is -2.02. The van der Waals surface area contributed by atoms with Crippen molar-refractivity contribution >= 4 is 5.65 Å². The molecule has 2 aromatic heterocycles. The number of benzene rings is 1. The quantitative estimate of drug-likeness (QED) is 0.764. The van der Waals surface area contributed by atoms with Crippen LogP contribution in [-0.4, -0.2) is 19.8 Å². The Morgan fingerprint density at radius 2 is 1.74 bits per heavy atom. The molecule has 0 aliphatic rings. The van der Waals surface area contributed by atoms with Gasteiger partial charge in [0, 0.05) is 12.5 Å². The van der Waals surface area contributed by atoms with Crippen LogP contribution in [0.5, 0.6) is 0 Å². The third-order valence-corrected chi connectivity index (χ3v) is 3.55. The minimum absolute atomic E-state index is 0.805. The van der Waals surface area contributed by atoms with Crippen LogP contribution in [0.2, 0.25) is 0 Å². The van der Waals surface area contributed by atoms with Gasteiger partial charge in [0.25, 0.3) is 0 Å². The number of H-pyrrole nitrogens is 1. The number of aromatic amines is 1. The van der Waals surface area contributed by atoms with Crippen molar-refractivity contribution in [3.8, 4) is 0 Å². The highest BCUT2D eigenvalue weighted by Crippen LogP contribution is 2.19. The Balaban J connectivity index is 2.05. The predicted molar refractivity (Wildman–Crippen MR) is 75.5 cm³/mol. The van der Waals surface area contributed by atoms with E-state index in [-0.39, 0.29) is 0 Å². The molecule has 19 heavy (non-hydrogen) atoms. The molecule has 0 spiro atoms. The van der Waals surface area contributed by atoms with Gasteiger partial charge >= 0.3 is 0 Å². The highest BCUT2D eigenvalue weighted by atomic mass is 15.4. The maximum Gasteiger partial charge on any atom is 0.156 e. The maximum absolute atomic E-state index is 4.47. The molecule has 2 heterocycles. The molecule has 0 atom stereocenters. The average molecular weight is 254 g/mol. The van der Waals surface area contributed by atoms with Gasteiger partial charge in [-0.15, -0.1) is 0 Å². The number of hydrogen-bond acceptors (Lipinski definition) is 2. The summed E-state index contributed by atoms with van der Waals surface area (Å²) in [6.45, 7) is 8.45. The van der Waals surface area contributed by atoms with Gasteiger partial charge in [0.1, 0.15) is 0 Å². The fraction of sp³-hybridized carbons (Fsp3) is 0.333. The van der Waals surface area contributed by atoms with Crippen LogP contribution in [-0.2, 0) is 6.42 Å². The standard InChI is InChI=1S/C15H18N4/c1-9-5-10(2)13(11(3)6-9)8-15-17-16-14-7-12(4)18-19(14)15/h5-7,16H,8H2,1-4H3. The summed E-state index contributed by atoms with van der Waals surface area (Å²) < 4.78 is 1.90. The Kier molecular flexibility index (Phi) is 2.66. The van der Waals surface area contributed by atoms with E-state index in [9.17, 15) is 0 Å². The topological polar surface area (TPSA) is 46.0 Å². The second-order valence-corrected chi connectivity index (χ2v) is 5.28. The van der Waals surface area contributed by atoms with Crippen molar-refractivity contribution in [2.75, 3.05) is 0 Å². The molecule has 0 aliphatic carbocycles. The molecule has 0 amide bonds. The van der Waals surface area contributed by atoms with Gasteiger partial charge < -0.3 is 0 Å². The number of rotatable bonds is 2. The normalized spacial score (nSPS) is 11.4. The molecule has 4 nitrogen and oxygen atoms in total. The van der Waals surface area contributed by atoms with E-state index in [4.69, 9.17) is 0 Å². The van der Waals surface area contributed by atoms with E-state index in [2.05, 4.69) is 48.2 Å². The number of nitrogens with one attached hydrogen (secondary N) is 1. The Hall–Kier alpha value is -2.10. The van der Waals surface area contributed by atoms with Crippen LogP contribution in [0.1, 0.15) is 33.8 Å². The molecule has 3 aromatic rings. The largest absolute Gasteiger partial charge is 0.259 e. The first-order valence-corrected chi connectivity index (χ1v) is 6.51. The highest BCUT2D eigenvalue weighted by molar-refractivity contribution is 5.42. The van der Waals surface area contributed by atoms with E-state index in [1.54, 1.807) is 0 Å². The summed E-state index contributed by atoms with van der Waals surface area (Å²) in [6.07, 6.45) is 0.805. The molecule has 0 fully saturated rings. The van der Waals surface area contributed by atoms with Crippen LogP contribution in [0.25, 0.3) is 5.65 Å². The minimum atomic E-state index is 0.805. The molecule has 98 valence electrons. The SMILES string of the molecule is Cc1cc(C)c(Cc2n[nH]c3cc(C)nn23)c(C)c1.